The number of fused-ring (bicyclic) bond motifs is 1. The molecule has 24 heavy (non-hydrogen) atoms. The monoisotopic (exact) mass is 311 g/mol. The van der Waals surface area contributed by atoms with Crippen molar-refractivity contribution in [2.75, 3.05) is 0 Å². The summed E-state index contributed by atoms with van der Waals surface area (Å²) in [5.41, 5.74) is 7.53. The van der Waals surface area contributed by atoms with E-state index in [0.29, 0.717) is 0 Å². The van der Waals surface area contributed by atoms with Gasteiger partial charge in [0.25, 0.3) is 0 Å². The molecule has 3 aromatic heterocycles. The van der Waals surface area contributed by atoms with E-state index in [1.165, 1.54) is 0 Å². The van der Waals surface area contributed by atoms with Crippen molar-refractivity contribution in [3.63, 3.8) is 0 Å². The fraction of sp³-hybridized carbons (Fsp3) is 0.0952. The molecule has 0 bridgehead atoms. The summed E-state index contributed by atoms with van der Waals surface area (Å²) in [4.78, 5) is 13.4. The maximum absolute atomic E-state index is 4.81. The van der Waals surface area contributed by atoms with Crippen LogP contribution in [0.15, 0.2) is 67.1 Å². The predicted molar refractivity (Wildman–Crippen MR) is 97.7 cm³/mol. The highest BCUT2D eigenvalue weighted by atomic mass is 14.7. The van der Waals surface area contributed by atoms with E-state index in [2.05, 4.69) is 60.2 Å². The fourth-order valence-corrected chi connectivity index (χ4v) is 3.01. The molecule has 0 saturated carbocycles. The number of pyridine rings is 3. The van der Waals surface area contributed by atoms with Gasteiger partial charge in [-0.25, -0.2) is 0 Å². The van der Waals surface area contributed by atoms with Crippen molar-refractivity contribution < 1.29 is 0 Å². The Balaban J connectivity index is 1.80. The number of hydrogen-bond acceptors (Lipinski definition) is 3. The molecule has 0 fully saturated rings. The molecule has 0 aliphatic carbocycles. The second-order valence-electron chi connectivity index (χ2n) is 5.93. The minimum atomic E-state index is 0.982. The van der Waals surface area contributed by atoms with Gasteiger partial charge in [0.15, 0.2) is 0 Å². The zero-order chi connectivity index (χ0) is 16.5. The number of hydrogen-bond donors (Lipinski definition) is 0. The van der Waals surface area contributed by atoms with E-state index < -0.39 is 0 Å². The van der Waals surface area contributed by atoms with E-state index in [-0.39, 0.29) is 0 Å². The second kappa shape index (κ2) is 5.85. The van der Waals surface area contributed by atoms with Gasteiger partial charge >= 0.3 is 0 Å². The zero-order valence-electron chi connectivity index (χ0n) is 13.7. The summed E-state index contributed by atoms with van der Waals surface area (Å²) in [5, 5.41) is 1.15. The van der Waals surface area contributed by atoms with E-state index in [1.807, 2.05) is 30.7 Å². The van der Waals surface area contributed by atoms with Crippen LogP contribution in [-0.2, 0) is 0 Å². The summed E-state index contributed by atoms with van der Waals surface area (Å²) >= 11 is 0. The lowest BCUT2D eigenvalue weighted by Gasteiger charge is -2.10. The minimum absolute atomic E-state index is 0.982. The molecule has 0 aliphatic rings. The van der Waals surface area contributed by atoms with E-state index >= 15 is 0 Å². The largest absolute Gasteiger partial charge is 0.264 e. The van der Waals surface area contributed by atoms with Crippen LogP contribution in [-0.4, -0.2) is 15.0 Å². The number of rotatable bonds is 2. The van der Waals surface area contributed by atoms with E-state index in [1.54, 1.807) is 0 Å². The molecule has 0 N–H and O–H groups in total. The topological polar surface area (TPSA) is 38.7 Å². The van der Waals surface area contributed by atoms with Crippen LogP contribution in [0.2, 0.25) is 0 Å². The molecule has 3 heteroatoms. The normalized spacial score (nSPS) is 10.9. The maximum Gasteiger partial charge on any atom is 0.0709 e. The van der Waals surface area contributed by atoms with Crippen LogP contribution in [0.25, 0.3) is 33.3 Å². The predicted octanol–water partition coefficient (Wildman–Crippen LogP) is 4.98. The van der Waals surface area contributed by atoms with Gasteiger partial charge in [0.2, 0.25) is 0 Å². The van der Waals surface area contributed by atoms with Crippen LogP contribution >= 0.6 is 0 Å². The Bertz CT molecular complexity index is 1040. The zero-order valence-corrected chi connectivity index (χ0v) is 13.7. The molecule has 116 valence electrons. The Hall–Kier alpha value is -3.07. The van der Waals surface area contributed by atoms with Gasteiger partial charge in [-0.1, -0.05) is 24.3 Å². The third-order valence-corrected chi connectivity index (χ3v) is 4.30. The smallest absolute Gasteiger partial charge is 0.0709 e. The highest BCUT2D eigenvalue weighted by molar-refractivity contribution is 5.84. The van der Waals surface area contributed by atoms with Crippen LogP contribution in [0.3, 0.4) is 0 Å². The van der Waals surface area contributed by atoms with Crippen molar-refractivity contribution in [2.24, 2.45) is 0 Å². The van der Waals surface area contributed by atoms with Gasteiger partial charge in [0, 0.05) is 40.8 Å². The van der Waals surface area contributed by atoms with Gasteiger partial charge < -0.3 is 0 Å². The lowest BCUT2D eigenvalue weighted by atomic mass is 10.0. The first-order valence-corrected chi connectivity index (χ1v) is 7.96. The molecular formula is C21H17N3. The average Bonchev–Trinajstić information content (AvgIpc) is 2.62. The fourth-order valence-electron chi connectivity index (χ4n) is 3.01. The molecule has 1 aromatic carbocycles. The van der Waals surface area contributed by atoms with Gasteiger partial charge in [-0.15, -0.1) is 0 Å². The molecule has 0 aliphatic heterocycles. The van der Waals surface area contributed by atoms with Crippen LogP contribution in [0.1, 0.15) is 11.3 Å². The van der Waals surface area contributed by atoms with E-state index in [9.17, 15) is 0 Å². The number of nitrogens with zero attached hydrogens (tertiary/aromatic N) is 3. The molecule has 0 unspecified atom stereocenters. The highest BCUT2D eigenvalue weighted by Gasteiger charge is 2.08. The third kappa shape index (κ3) is 2.54. The number of aromatic nitrogens is 3. The first-order chi connectivity index (χ1) is 11.7. The first kappa shape index (κ1) is 14.5. The number of aryl methyl sites for hydroxylation is 2. The highest BCUT2D eigenvalue weighted by Crippen LogP contribution is 2.28. The van der Waals surface area contributed by atoms with Crippen molar-refractivity contribution in [1.82, 2.24) is 15.0 Å². The Morgan fingerprint density at radius 2 is 1.75 bits per heavy atom. The molecule has 0 spiro atoms. The SMILES string of the molecule is Cc1cnccc1-c1ccc(-c2ccc3cccnc3c2)c(C)n1. The summed E-state index contributed by atoms with van der Waals surface area (Å²) in [6, 6.07) is 16.6. The van der Waals surface area contributed by atoms with Crippen molar-refractivity contribution in [2.45, 2.75) is 13.8 Å². The molecule has 4 rings (SSSR count). The van der Waals surface area contributed by atoms with Crippen LogP contribution in [0, 0.1) is 13.8 Å². The Labute approximate surface area is 141 Å². The van der Waals surface area contributed by atoms with Crippen molar-refractivity contribution in [3.8, 4) is 22.4 Å². The van der Waals surface area contributed by atoms with Gasteiger partial charge in [-0.3, -0.25) is 15.0 Å². The second-order valence-corrected chi connectivity index (χ2v) is 5.93. The molecule has 3 heterocycles. The summed E-state index contributed by atoms with van der Waals surface area (Å²) in [6.07, 6.45) is 5.50. The Morgan fingerprint density at radius 3 is 2.58 bits per heavy atom. The van der Waals surface area contributed by atoms with Crippen molar-refractivity contribution in [3.05, 3.63) is 78.4 Å². The minimum Gasteiger partial charge on any atom is -0.264 e. The van der Waals surface area contributed by atoms with E-state index in [0.717, 1.165) is 44.5 Å². The summed E-state index contributed by atoms with van der Waals surface area (Å²) in [5.74, 6) is 0. The van der Waals surface area contributed by atoms with Crippen LogP contribution < -0.4 is 0 Å². The van der Waals surface area contributed by atoms with Gasteiger partial charge in [-0.2, -0.15) is 0 Å². The van der Waals surface area contributed by atoms with Gasteiger partial charge in [-0.05, 0) is 49.2 Å². The molecule has 4 aromatic rings. The molecule has 0 amide bonds. The van der Waals surface area contributed by atoms with Crippen molar-refractivity contribution in [1.29, 1.82) is 0 Å². The summed E-state index contributed by atoms with van der Waals surface area (Å²) < 4.78 is 0. The van der Waals surface area contributed by atoms with Gasteiger partial charge in [0.1, 0.15) is 0 Å². The average molecular weight is 311 g/mol. The molecule has 0 radical (unpaired) electrons. The molecule has 0 saturated heterocycles. The van der Waals surface area contributed by atoms with E-state index in [4.69, 9.17) is 4.98 Å². The lowest BCUT2D eigenvalue weighted by Crippen LogP contribution is -1.93. The molecular weight excluding hydrogens is 294 g/mol. The lowest BCUT2D eigenvalue weighted by molar-refractivity contribution is 1.19. The van der Waals surface area contributed by atoms with Crippen LogP contribution in [0.4, 0.5) is 0 Å². The Kier molecular flexibility index (Phi) is 3.54. The maximum atomic E-state index is 4.81. The van der Waals surface area contributed by atoms with Gasteiger partial charge in [0.05, 0.1) is 11.2 Å². The quantitative estimate of drug-likeness (QED) is 0.524. The molecule has 3 nitrogen and oxygen atoms in total. The Morgan fingerprint density at radius 1 is 0.833 bits per heavy atom. The molecule has 0 atom stereocenters. The summed E-state index contributed by atoms with van der Waals surface area (Å²) in [7, 11) is 0. The van der Waals surface area contributed by atoms with Crippen LogP contribution in [0.5, 0.6) is 0 Å². The number of benzene rings is 1. The summed E-state index contributed by atoms with van der Waals surface area (Å²) in [6.45, 7) is 4.11. The first-order valence-electron chi connectivity index (χ1n) is 7.96. The van der Waals surface area contributed by atoms with Crippen molar-refractivity contribution >= 4 is 10.9 Å². The standard InChI is InChI=1S/C21H17N3/c1-14-13-22-11-9-18(14)20-8-7-19(15(2)24-20)17-6-5-16-4-3-10-23-21(16)12-17/h3-13H,1-2H3. The third-order valence-electron chi connectivity index (χ3n) is 4.30.